The van der Waals surface area contributed by atoms with Gasteiger partial charge in [0.05, 0.1) is 12.1 Å². The molecule has 7 rings (SSSR count). The Morgan fingerprint density at radius 2 is 1.57 bits per heavy atom. The van der Waals surface area contributed by atoms with Crippen molar-refractivity contribution in [1.29, 1.82) is 0 Å². The molecule has 1 amide bonds. The monoisotopic (exact) mass is 698 g/mol. The number of hydrogen-bond donors (Lipinski definition) is 2. The summed E-state index contributed by atoms with van der Waals surface area (Å²) in [6.07, 6.45) is 13.1. The van der Waals surface area contributed by atoms with Crippen LogP contribution in [-0.2, 0) is 4.79 Å². The Morgan fingerprint density at radius 3 is 2.20 bits per heavy atom. The Hall–Kier alpha value is -2.44. The highest BCUT2D eigenvalue weighted by Crippen LogP contribution is 2.76. The third-order valence-corrected chi connectivity index (χ3v) is 17.0. The number of amides is 1. The van der Waals surface area contributed by atoms with E-state index in [0.717, 1.165) is 51.9 Å². The van der Waals surface area contributed by atoms with Crippen molar-refractivity contribution in [3.63, 3.8) is 0 Å². The molecule has 9 atom stereocenters. The third-order valence-electron chi connectivity index (χ3n) is 17.0. The molecule has 1 aromatic rings. The molecule has 1 saturated heterocycles. The largest absolute Gasteiger partial charge is 0.478 e. The van der Waals surface area contributed by atoms with Crippen LogP contribution >= 0.6 is 0 Å². The van der Waals surface area contributed by atoms with Crippen LogP contribution in [0.4, 0.5) is 0 Å². The van der Waals surface area contributed by atoms with Crippen LogP contribution in [0.2, 0.25) is 0 Å². The second-order valence-electron chi connectivity index (χ2n) is 19.7. The van der Waals surface area contributed by atoms with E-state index in [1.165, 1.54) is 48.8 Å². The van der Waals surface area contributed by atoms with E-state index in [2.05, 4.69) is 83.2 Å². The van der Waals surface area contributed by atoms with E-state index in [1.54, 1.807) is 12.1 Å². The standard InChI is InChI=1S/C45H67N3O3/c1-29(2)33-16-21-45(46-38(49)28-47-24-26-48(27-25-47)30(3)4)23-22-43(8)35(39(33)45)14-15-37-42(7)19-17-34(31-10-12-32(13-11-31)40(50)51)41(5,6)36(42)18-20-44(37,43)9/h10-13,17,30,33,35-37,39H,1,14-16,18-28H2,2-9H3,(H,46,49)(H,50,51)/t33-,35+,36?,37?,39?,42-,43+,44+,45-/m0/s1. The topological polar surface area (TPSA) is 72.9 Å². The second kappa shape index (κ2) is 12.9. The number of nitrogens with one attached hydrogen (secondary N) is 1. The molecule has 0 spiro atoms. The lowest BCUT2D eigenvalue weighted by atomic mass is 9.33. The molecule has 0 aromatic heterocycles. The SMILES string of the molecule is C=C(C)[C@@H]1CC[C@]2(NC(=O)CN3CCN(C(C)C)CC3)CC[C@]3(C)[C@H](CCC4[C@@]5(C)CC=C(c6ccc(C(=O)O)cc6)C(C)(C)C5CC[C@]43C)C12. The highest BCUT2D eigenvalue weighted by molar-refractivity contribution is 5.88. The van der Waals surface area contributed by atoms with E-state index in [0.29, 0.717) is 47.7 Å². The molecule has 0 bridgehead atoms. The number of allylic oxidation sites excluding steroid dienone is 3. The molecule has 1 aromatic carbocycles. The van der Waals surface area contributed by atoms with Gasteiger partial charge in [-0.3, -0.25) is 14.6 Å². The second-order valence-corrected chi connectivity index (χ2v) is 19.7. The summed E-state index contributed by atoms with van der Waals surface area (Å²) in [5.41, 5.74) is 4.78. The van der Waals surface area contributed by atoms with Crippen LogP contribution in [0, 0.1) is 51.2 Å². The van der Waals surface area contributed by atoms with Gasteiger partial charge in [-0.2, -0.15) is 0 Å². The lowest BCUT2D eigenvalue weighted by molar-refractivity contribution is -0.219. The predicted molar refractivity (Wildman–Crippen MR) is 207 cm³/mol. The number of carboxylic acids is 1. The van der Waals surface area contributed by atoms with Crippen molar-refractivity contribution in [2.75, 3.05) is 32.7 Å². The van der Waals surface area contributed by atoms with Gasteiger partial charge in [-0.05, 0) is 153 Å². The number of benzene rings is 1. The van der Waals surface area contributed by atoms with E-state index in [-0.39, 0.29) is 33.1 Å². The molecule has 0 radical (unpaired) electrons. The van der Waals surface area contributed by atoms with Gasteiger partial charge < -0.3 is 10.4 Å². The van der Waals surface area contributed by atoms with Crippen molar-refractivity contribution in [2.24, 2.45) is 51.2 Å². The first-order valence-corrected chi connectivity index (χ1v) is 20.4. The number of carbonyl (C=O) groups excluding carboxylic acids is 1. The molecule has 1 heterocycles. The molecule has 6 heteroatoms. The Kier molecular flexibility index (Phi) is 9.30. The van der Waals surface area contributed by atoms with Gasteiger partial charge in [-0.25, -0.2) is 4.79 Å². The number of fused-ring (bicyclic) bond motifs is 7. The minimum atomic E-state index is -0.869. The Labute approximate surface area is 308 Å². The molecule has 2 N–H and O–H groups in total. The van der Waals surface area contributed by atoms with Crippen molar-refractivity contribution in [3.05, 3.63) is 53.6 Å². The number of carbonyl (C=O) groups is 2. The number of hydrogen-bond acceptors (Lipinski definition) is 4. The van der Waals surface area contributed by atoms with E-state index >= 15 is 0 Å². The lowest BCUT2D eigenvalue weighted by Crippen LogP contribution is -2.68. The van der Waals surface area contributed by atoms with Crippen LogP contribution in [0.5, 0.6) is 0 Å². The summed E-state index contributed by atoms with van der Waals surface area (Å²) in [6, 6.07) is 8.15. The maximum atomic E-state index is 14.0. The Balaban J connectivity index is 1.14. The molecule has 1 aliphatic heterocycles. The first kappa shape index (κ1) is 36.9. The van der Waals surface area contributed by atoms with Gasteiger partial charge in [0.15, 0.2) is 0 Å². The summed E-state index contributed by atoms with van der Waals surface area (Å²) in [6.45, 7) is 28.9. The first-order chi connectivity index (χ1) is 24.0. The van der Waals surface area contributed by atoms with Crippen molar-refractivity contribution >= 4 is 17.4 Å². The zero-order valence-electron chi connectivity index (χ0n) is 33.1. The van der Waals surface area contributed by atoms with Crippen molar-refractivity contribution in [3.8, 4) is 0 Å². The van der Waals surface area contributed by atoms with Crippen molar-refractivity contribution < 1.29 is 14.7 Å². The molecular formula is C45H67N3O3. The molecular weight excluding hydrogens is 631 g/mol. The number of piperazine rings is 1. The van der Waals surface area contributed by atoms with Gasteiger partial charge in [-0.1, -0.05) is 65.0 Å². The highest BCUT2D eigenvalue weighted by Gasteiger charge is 2.70. The molecule has 280 valence electrons. The fraction of sp³-hybridized carbons (Fsp3) is 0.733. The first-order valence-electron chi connectivity index (χ1n) is 20.4. The summed E-state index contributed by atoms with van der Waals surface area (Å²) in [5, 5.41) is 13.3. The summed E-state index contributed by atoms with van der Waals surface area (Å²) >= 11 is 0. The number of aromatic carboxylic acids is 1. The zero-order valence-corrected chi connectivity index (χ0v) is 33.1. The van der Waals surface area contributed by atoms with Crippen LogP contribution in [0.1, 0.15) is 129 Å². The van der Waals surface area contributed by atoms with E-state index < -0.39 is 5.97 Å². The molecule has 5 fully saturated rings. The number of nitrogens with zero attached hydrogens (tertiary/aromatic N) is 2. The van der Waals surface area contributed by atoms with Crippen molar-refractivity contribution in [1.82, 2.24) is 15.1 Å². The van der Waals surface area contributed by atoms with Gasteiger partial charge in [0.25, 0.3) is 0 Å². The molecule has 6 aliphatic rings. The third kappa shape index (κ3) is 5.70. The van der Waals surface area contributed by atoms with Gasteiger partial charge in [0.1, 0.15) is 0 Å². The molecule has 6 nitrogen and oxygen atoms in total. The van der Waals surface area contributed by atoms with Crippen LogP contribution in [0.3, 0.4) is 0 Å². The van der Waals surface area contributed by atoms with E-state index in [1.807, 2.05) is 12.1 Å². The van der Waals surface area contributed by atoms with Crippen LogP contribution < -0.4 is 5.32 Å². The van der Waals surface area contributed by atoms with E-state index in [4.69, 9.17) is 0 Å². The Morgan fingerprint density at radius 1 is 0.882 bits per heavy atom. The summed E-state index contributed by atoms with van der Waals surface area (Å²) in [5.74, 6) is 2.11. The molecule has 4 saturated carbocycles. The number of carboxylic acid groups (broad SMARTS) is 1. The van der Waals surface area contributed by atoms with Crippen LogP contribution in [0.25, 0.3) is 5.57 Å². The average molecular weight is 698 g/mol. The fourth-order valence-electron chi connectivity index (χ4n) is 14.2. The summed E-state index contributed by atoms with van der Waals surface area (Å²) < 4.78 is 0. The predicted octanol–water partition coefficient (Wildman–Crippen LogP) is 8.93. The summed E-state index contributed by atoms with van der Waals surface area (Å²) in [4.78, 5) is 30.4. The average Bonchev–Trinajstić information content (AvgIpc) is 3.44. The smallest absolute Gasteiger partial charge is 0.335 e. The lowest BCUT2D eigenvalue weighted by Gasteiger charge is -2.72. The quantitative estimate of drug-likeness (QED) is 0.279. The molecule has 5 aliphatic carbocycles. The molecule has 51 heavy (non-hydrogen) atoms. The Bertz CT molecular complexity index is 1570. The summed E-state index contributed by atoms with van der Waals surface area (Å²) in [7, 11) is 0. The molecule has 3 unspecified atom stereocenters. The van der Waals surface area contributed by atoms with Gasteiger partial charge in [-0.15, -0.1) is 0 Å². The maximum absolute atomic E-state index is 14.0. The fourth-order valence-corrected chi connectivity index (χ4v) is 14.2. The van der Waals surface area contributed by atoms with Gasteiger partial charge >= 0.3 is 5.97 Å². The van der Waals surface area contributed by atoms with Crippen molar-refractivity contribution in [2.45, 2.75) is 125 Å². The number of rotatable bonds is 7. The minimum absolute atomic E-state index is 0.000749. The zero-order chi connectivity index (χ0) is 36.7. The van der Waals surface area contributed by atoms with Crippen LogP contribution in [0.15, 0.2) is 42.5 Å². The maximum Gasteiger partial charge on any atom is 0.335 e. The highest BCUT2D eigenvalue weighted by atomic mass is 16.4. The minimum Gasteiger partial charge on any atom is -0.478 e. The van der Waals surface area contributed by atoms with Crippen LogP contribution in [-0.4, -0.2) is 71.1 Å². The normalized spacial score (nSPS) is 40.7. The van der Waals surface area contributed by atoms with E-state index in [9.17, 15) is 14.7 Å². The van der Waals surface area contributed by atoms with Gasteiger partial charge in [0, 0.05) is 37.8 Å². The van der Waals surface area contributed by atoms with Gasteiger partial charge in [0.2, 0.25) is 5.91 Å².